The highest BCUT2D eigenvalue weighted by Gasteiger charge is 2.02. The number of nitro benzene ring substituents is 1. The van der Waals surface area contributed by atoms with Gasteiger partial charge < -0.3 is 4.74 Å². The maximum atomic E-state index is 10.8. The number of carbonyl (C=O) groups excluding carboxylic acids is 1. The van der Waals surface area contributed by atoms with Crippen molar-refractivity contribution in [2.24, 2.45) is 0 Å². The SMILES string of the molecule is COC(=O)C/C=C/c1ccc([N+](=O)[O-])cc1. The van der Waals surface area contributed by atoms with Gasteiger partial charge >= 0.3 is 5.97 Å². The van der Waals surface area contributed by atoms with E-state index in [4.69, 9.17) is 0 Å². The van der Waals surface area contributed by atoms with Gasteiger partial charge in [-0.25, -0.2) is 0 Å². The third kappa shape index (κ3) is 3.53. The van der Waals surface area contributed by atoms with E-state index < -0.39 is 4.92 Å². The third-order valence-electron chi connectivity index (χ3n) is 1.93. The molecule has 0 radical (unpaired) electrons. The first kappa shape index (κ1) is 11.9. The molecule has 0 heterocycles. The summed E-state index contributed by atoms with van der Waals surface area (Å²) in [7, 11) is 1.32. The molecule has 0 fully saturated rings. The average Bonchev–Trinajstić information content (AvgIpc) is 2.29. The normalized spacial score (nSPS) is 10.3. The van der Waals surface area contributed by atoms with Crippen LogP contribution in [0.2, 0.25) is 0 Å². The van der Waals surface area contributed by atoms with Gasteiger partial charge in [-0.05, 0) is 17.7 Å². The maximum absolute atomic E-state index is 10.8. The Labute approximate surface area is 92.5 Å². The van der Waals surface area contributed by atoms with Crippen molar-refractivity contribution >= 4 is 17.7 Å². The number of benzene rings is 1. The van der Waals surface area contributed by atoms with Crippen molar-refractivity contribution in [1.29, 1.82) is 0 Å². The van der Waals surface area contributed by atoms with Crippen molar-refractivity contribution < 1.29 is 14.5 Å². The number of hydrogen-bond acceptors (Lipinski definition) is 4. The van der Waals surface area contributed by atoms with Crippen molar-refractivity contribution in [3.63, 3.8) is 0 Å². The molecule has 0 atom stereocenters. The molecule has 0 aliphatic rings. The lowest BCUT2D eigenvalue weighted by atomic mass is 10.2. The Bertz CT molecular complexity index is 408. The fourth-order valence-electron chi connectivity index (χ4n) is 1.08. The van der Waals surface area contributed by atoms with E-state index in [2.05, 4.69) is 4.74 Å². The first-order chi connectivity index (χ1) is 7.63. The molecule has 0 amide bonds. The highest BCUT2D eigenvalue weighted by Crippen LogP contribution is 2.12. The van der Waals surface area contributed by atoms with Crippen molar-refractivity contribution in [3.05, 3.63) is 46.0 Å². The van der Waals surface area contributed by atoms with Crippen molar-refractivity contribution in [2.45, 2.75) is 6.42 Å². The minimum Gasteiger partial charge on any atom is -0.469 e. The number of rotatable bonds is 4. The number of nitrogens with zero attached hydrogens (tertiary/aromatic N) is 1. The fourth-order valence-corrected chi connectivity index (χ4v) is 1.08. The monoisotopic (exact) mass is 221 g/mol. The van der Waals surface area contributed by atoms with Gasteiger partial charge in [-0.2, -0.15) is 0 Å². The van der Waals surface area contributed by atoms with Crippen LogP contribution >= 0.6 is 0 Å². The number of non-ortho nitro benzene ring substituents is 1. The summed E-state index contributed by atoms with van der Waals surface area (Å²) in [6.45, 7) is 0. The van der Waals surface area contributed by atoms with Crippen LogP contribution < -0.4 is 0 Å². The Hall–Kier alpha value is -2.17. The van der Waals surface area contributed by atoms with Gasteiger partial charge in [-0.3, -0.25) is 14.9 Å². The molecule has 0 bridgehead atoms. The van der Waals surface area contributed by atoms with Crippen LogP contribution in [-0.2, 0) is 9.53 Å². The predicted molar refractivity (Wildman–Crippen MR) is 58.8 cm³/mol. The molecule has 1 aromatic rings. The molecule has 1 aromatic carbocycles. The average molecular weight is 221 g/mol. The Balaban J connectivity index is 2.61. The van der Waals surface area contributed by atoms with Crippen molar-refractivity contribution in [3.8, 4) is 0 Å². The Morgan fingerprint density at radius 1 is 1.44 bits per heavy atom. The predicted octanol–water partition coefficient (Wildman–Crippen LogP) is 2.17. The van der Waals surface area contributed by atoms with E-state index in [1.54, 1.807) is 24.3 Å². The Morgan fingerprint density at radius 2 is 2.06 bits per heavy atom. The Morgan fingerprint density at radius 3 is 2.56 bits per heavy atom. The molecule has 5 nitrogen and oxygen atoms in total. The zero-order valence-electron chi connectivity index (χ0n) is 8.75. The maximum Gasteiger partial charge on any atom is 0.309 e. The molecule has 16 heavy (non-hydrogen) atoms. The lowest BCUT2D eigenvalue weighted by Crippen LogP contribution is -1.96. The zero-order chi connectivity index (χ0) is 12.0. The van der Waals surface area contributed by atoms with Crippen molar-refractivity contribution in [2.75, 3.05) is 7.11 Å². The smallest absolute Gasteiger partial charge is 0.309 e. The molecule has 1 rings (SSSR count). The van der Waals surface area contributed by atoms with Crippen LogP contribution in [0.3, 0.4) is 0 Å². The van der Waals surface area contributed by atoms with Gasteiger partial charge in [0.2, 0.25) is 0 Å². The van der Waals surface area contributed by atoms with E-state index in [9.17, 15) is 14.9 Å². The summed E-state index contributed by atoms with van der Waals surface area (Å²) in [5.74, 6) is -0.321. The fraction of sp³-hybridized carbons (Fsp3) is 0.182. The summed E-state index contributed by atoms with van der Waals surface area (Å²) >= 11 is 0. The second-order valence-electron chi connectivity index (χ2n) is 3.03. The molecule has 0 aliphatic carbocycles. The van der Waals surface area contributed by atoms with E-state index in [0.717, 1.165) is 5.56 Å². The minimum absolute atomic E-state index is 0.0464. The summed E-state index contributed by atoms with van der Waals surface area (Å²) < 4.78 is 4.46. The van der Waals surface area contributed by atoms with E-state index in [1.165, 1.54) is 19.2 Å². The molecule has 5 heteroatoms. The van der Waals surface area contributed by atoms with Gasteiger partial charge in [0.25, 0.3) is 5.69 Å². The molecule has 0 N–H and O–H groups in total. The molecule has 0 saturated carbocycles. The van der Waals surface area contributed by atoms with Crippen LogP contribution in [0.5, 0.6) is 0 Å². The van der Waals surface area contributed by atoms with Crippen LogP contribution in [0.4, 0.5) is 5.69 Å². The summed E-state index contributed by atoms with van der Waals surface area (Å²) in [4.78, 5) is 20.7. The highest BCUT2D eigenvalue weighted by molar-refractivity contribution is 5.72. The van der Waals surface area contributed by atoms with E-state index in [1.807, 2.05) is 0 Å². The molecule has 84 valence electrons. The second-order valence-corrected chi connectivity index (χ2v) is 3.03. The zero-order valence-corrected chi connectivity index (χ0v) is 8.75. The Kier molecular flexibility index (Phi) is 4.20. The lowest BCUT2D eigenvalue weighted by molar-refractivity contribution is -0.384. The van der Waals surface area contributed by atoms with Crippen LogP contribution in [-0.4, -0.2) is 18.0 Å². The summed E-state index contributed by atoms with van der Waals surface area (Å²) in [5.41, 5.74) is 0.847. The van der Waals surface area contributed by atoms with Gasteiger partial charge in [0.05, 0.1) is 18.5 Å². The number of ether oxygens (including phenoxy) is 1. The quantitative estimate of drug-likeness (QED) is 0.444. The molecule has 0 spiro atoms. The topological polar surface area (TPSA) is 69.4 Å². The third-order valence-corrected chi connectivity index (χ3v) is 1.93. The summed E-state index contributed by atoms with van der Waals surface area (Å²) in [5, 5.41) is 10.4. The van der Waals surface area contributed by atoms with Gasteiger partial charge in [-0.1, -0.05) is 12.2 Å². The summed E-state index contributed by atoms with van der Waals surface area (Å²) in [6, 6.07) is 6.06. The van der Waals surface area contributed by atoms with Crippen LogP contribution in [0.25, 0.3) is 6.08 Å². The summed E-state index contributed by atoms with van der Waals surface area (Å²) in [6.07, 6.45) is 3.54. The first-order valence-corrected chi connectivity index (χ1v) is 4.61. The van der Waals surface area contributed by atoms with Crippen LogP contribution in [0, 0.1) is 10.1 Å². The molecular formula is C11H11NO4. The van der Waals surface area contributed by atoms with E-state index in [-0.39, 0.29) is 18.1 Å². The standard InChI is InChI=1S/C11H11NO4/c1-16-11(13)4-2-3-9-5-7-10(8-6-9)12(14)15/h2-3,5-8H,4H2,1H3/b3-2+. The van der Waals surface area contributed by atoms with E-state index >= 15 is 0 Å². The highest BCUT2D eigenvalue weighted by atomic mass is 16.6. The van der Waals surface area contributed by atoms with Gasteiger partial charge in [0.15, 0.2) is 0 Å². The van der Waals surface area contributed by atoms with Crippen molar-refractivity contribution in [1.82, 2.24) is 0 Å². The van der Waals surface area contributed by atoms with Crippen LogP contribution in [0.15, 0.2) is 30.3 Å². The van der Waals surface area contributed by atoms with E-state index in [0.29, 0.717) is 0 Å². The van der Waals surface area contributed by atoms with Crippen LogP contribution in [0.1, 0.15) is 12.0 Å². The second kappa shape index (κ2) is 5.65. The largest absolute Gasteiger partial charge is 0.469 e. The molecule has 0 saturated heterocycles. The van der Waals surface area contributed by atoms with Gasteiger partial charge in [0.1, 0.15) is 0 Å². The lowest BCUT2D eigenvalue weighted by Gasteiger charge is -1.94. The molecule has 0 unspecified atom stereocenters. The minimum atomic E-state index is -0.456. The molecule has 0 aliphatic heterocycles. The first-order valence-electron chi connectivity index (χ1n) is 4.61. The number of methoxy groups -OCH3 is 1. The molecular weight excluding hydrogens is 210 g/mol. The number of esters is 1. The molecule has 0 aromatic heterocycles. The number of hydrogen-bond donors (Lipinski definition) is 0. The number of carbonyl (C=O) groups is 1. The van der Waals surface area contributed by atoms with Gasteiger partial charge in [-0.15, -0.1) is 0 Å². The number of nitro groups is 1. The van der Waals surface area contributed by atoms with Gasteiger partial charge in [0, 0.05) is 12.1 Å².